The number of hydrogen-bond donors (Lipinski definition) is 0. The largest absolute Gasteiger partial charge is 0.530 e. The molecular weight excluding hydrogens is 283 g/mol. The molecule has 0 amide bonds. The molecule has 0 aliphatic rings. The molecule has 0 spiro atoms. The molecule has 0 fully saturated rings. The number of benzene rings is 2. The van der Waals surface area contributed by atoms with Crippen molar-refractivity contribution in [3.63, 3.8) is 0 Å². The summed E-state index contributed by atoms with van der Waals surface area (Å²) in [5.74, 6) is 0.835. The normalized spacial score (nSPS) is 13.6. The molecule has 1 atom stereocenters. The zero-order valence-corrected chi connectivity index (χ0v) is 12.3. The first-order valence-corrected chi connectivity index (χ1v) is 8.22. The predicted molar refractivity (Wildman–Crippen MR) is 77.1 cm³/mol. The van der Waals surface area contributed by atoms with Crippen molar-refractivity contribution in [1.29, 1.82) is 0 Å². The third-order valence-electron chi connectivity index (χ3n) is 2.65. The minimum absolute atomic E-state index is 0.407. The second kappa shape index (κ2) is 5.68. The number of halogens is 1. The zero-order valence-electron chi connectivity index (χ0n) is 10.7. The molecule has 0 aromatic heterocycles. The van der Waals surface area contributed by atoms with Crippen LogP contribution in [0, 0.1) is 13.8 Å². The lowest BCUT2D eigenvalue weighted by molar-refractivity contribution is 0.406. The standard InChI is InChI=1S/C14H14ClO3P/c1-11-8-9-14(10-12(11)2)18-19(15,16)17-13-6-4-3-5-7-13/h3-10H,1-2H3. The van der Waals surface area contributed by atoms with Crippen molar-refractivity contribution in [2.75, 3.05) is 0 Å². The highest BCUT2D eigenvalue weighted by atomic mass is 35.7. The fourth-order valence-electron chi connectivity index (χ4n) is 1.52. The maximum atomic E-state index is 12.1. The van der Waals surface area contributed by atoms with Crippen molar-refractivity contribution in [2.45, 2.75) is 13.8 Å². The summed E-state index contributed by atoms with van der Waals surface area (Å²) in [5, 5.41) is 0. The topological polar surface area (TPSA) is 35.5 Å². The molecule has 0 N–H and O–H groups in total. The van der Waals surface area contributed by atoms with Gasteiger partial charge in [-0.15, -0.1) is 0 Å². The Kier molecular flexibility index (Phi) is 4.18. The van der Waals surface area contributed by atoms with Crippen molar-refractivity contribution in [3.8, 4) is 11.5 Å². The highest BCUT2D eigenvalue weighted by Crippen LogP contribution is 2.53. The van der Waals surface area contributed by atoms with Gasteiger partial charge in [-0.3, -0.25) is 0 Å². The Morgan fingerprint density at radius 1 is 0.895 bits per heavy atom. The van der Waals surface area contributed by atoms with Gasteiger partial charge >= 0.3 is 6.95 Å². The first-order valence-electron chi connectivity index (χ1n) is 5.77. The van der Waals surface area contributed by atoms with Gasteiger partial charge in [-0.2, -0.15) is 0 Å². The van der Waals surface area contributed by atoms with E-state index in [9.17, 15) is 4.57 Å². The lowest BCUT2D eigenvalue weighted by Crippen LogP contribution is -1.95. The first-order chi connectivity index (χ1) is 8.96. The zero-order chi connectivity index (χ0) is 13.9. The van der Waals surface area contributed by atoms with Gasteiger partial charge in [-0.1, -0.05) is 24.3 Å². The molecule has 0 bridgehead atoms. The summed E-state index contributed by atoms with van der Waals surface area (Å²) in [6, 6.07) is 14.1. The van der Waals surface area contributed by atoms with E-state index in [-0.39, 0.29) is 0 Å². The summed E-state index contributed by atoms with van der Waals surface area (Å²) in [4.78, 5) is 0. The van der Waals surface area contributed by atoms with E-state index in [1.54, 1.807) is 36.4 Å². The SMILES string of the molecule is Cc1ccc(OP(=O)(Cl)Oc2ccccc2)cc1C. The monoisotopic (exact) mass is 296 g/mol. The van der Waals surface area contributed by atoms with Crippen LogP contribution in [-0.4, -0.2) is 0 Å². The van der Waals surface area contributed by atoms with E-state index in [1.807, 2.05) is 26.0 Å². The van der Waals surface area contributed by atoms with Gasteiger partial charge in [-0.25, -0.2) is 4.57 Å². The summed E-state index contributed by atoms with van der Waals surface area (Å²) in [6.07, 6.45) is 0. The van der Waals surface area contributed by atoms with Gasteiger partial charge in [0.1, 0.15) is 11.5 Å². The van der Waals surface area contributed by atoms with Gasteiger partial charge < -0.3 is 9.05 Å². The molecule has 100 valence electrons. The van der Waals surface area contributed by atoms with Crippen LogP contribution in [0.1, 0.15) is 11.1 Å². The van der Waals surface area contributed by atoms with Gasteiger partial charge in [0.05, 0.1) is 0 Å². The lowest BCUT2D eigenvalue weighted by Gasteiger charge is -2.14. The van der Waals surface area contributed by atoms with Gasteiger partial charge in [0, 0.05) is 11.2 Å². The molecule has 2 rings (SSSR count). The molecule has 0 saturated carbocycles. The second-order valence-corrected chi connectivity index (χ2v) is 6.64. The molecule has 0 saturated heterocycles. The fraction of sp³-hybridized carbons (Fsp3) is 0.143. The van der Waals surface area contributed by atoms with E-state index in [0.717, 1.165) is 11.1 Å². The molecule has 0 aliphatic heterocycles. The average molecular weight is 297 g/mol. The lowest BCUT2D eigenvalue weighted by atomic mass is 10.1. The Balaban J connectivity index is 2.12. The summed E-state index contributed by atoms with van der Waals surface area (Å²) in [7, 11) is 0. The molecular formula is C14H14ClO3P. The highest BCUT2D eigenvalue weighted by molar-refractivity contribution is 7.82. The van der Waals surface area contributed by atoms with E-state index in [4.69, 9.17) is 20.3 Å². The maximum Gasteiger partial charge on any atom is 0.530 e. The van der Waals surface area contributed by atoms with Gasteiger partial charge in [0.2, 0.25) is 0 Å². The minimum Gasteiger partial charge on any atom is -0.405 e. The van der Waals surface area contributed by atoms with E-state index >= 15 is 0 Å². The van der Waals surface area contributed by atoms with Crippen LogP contribution in [0.15, 0.2) is 48.5 Å². The van der Waals surface area contributed by atoms with Crippen LogP contribution in [0.5, 0.6) is 11.5 Å². The third kappa shape index (κ3) is 4.02. The Morgan fingerprint density at radius 2 is 1.53 bits per heavy atom. The number of rotatable bonds is 4. The first kappa shape index (κ1) is 14.0. The Bertz CT molecular complexity index is 613. The Labute approximate surface area is 117 Å². The summed E-state index contributed by atoms with van der Waals surface area (Å²) >= 11 is 5.81. The molecule has 1 unspecified atom stereocenters. The summed E-state index contributed by atoms with van der Waals surface area (Å²) in [6.45, 7) is 0.231. The fourth-order valence-corrected chi connectivity index (χ4v) is 2.78. The maximum absolute atomic E-state index is 12.1. The van der Waals surface area contributed by atoms with Crippen molar-refractivity contribution in [1.82, 2.24) is 0 Å². The number of aryl methyl sites for hydroxylation is 2. The van der Waals surface area contributed by atoms with Crippen LogP contribution in [0.3, 0.4) is 0 Å². The van der Waals surface area contributed by atoms with Gasteiger partial charge in [-0.05, 0) is 49.2 Å². The highest BCUT2D eigenvalue weighted by Gasteiger charge is 2.24. The Hall–Kier alpha value is -1.44. The van der Waals surface area contributed by atoms with E-state index in [2.05, 4.69) is 0 Å². The molecule has 0 aliphatic carbocycles. The van der Waals surface area contributed by atoms with Crippen LogP contribution in [0.25, 0.3) is 0 Å². The van der Waals surface area contributed by atoms with Crippen LogP contribution in [0.4, 0.5) is 0 Å². The molecule has 3 nitrogen and oxygen atoms in total. The van der Waals surface area contributed by atoms with Crippen LogP contribution >= 0.6 is 18.2 Å². The molecule has 2 aromatic rings. The molecule has 5 heteroatoms. The van der Waals surface area contributed by atoms with Crippen LogP contribution < -0.4 is 9.05 Å². The predicted octanol–water partition coefficient (Wildman–Crippen LogP) is 5.11. The third-order valence-corrected chi connectivity index (χ3v) is 3.92. The van der Waals surface area contributed by atoms with E-state index < -0.39 is 6.95 Å². The van der Waals surface area contributed by atoms with Crippen molar-refractivity contribution < 1.29 is 13.6 Å². The van der Waals surface area contributed by atoms with Crippen LogP contribution in [0.2, 0.25) is 0 Å². The van der Waals surface area contributed by atoms with E-state index in [1.165, 1.54) is 0 Å². The second-order valence-electron chi connectivity index (χ2n) is 4.17. The van der Waals surface area contributed by atoms with Crippen molar-refractivity contribution in [2.24, 2.45) is 0 Å². The molecule has 19 heavy (non-hydrogen) atoms. The van der Waals surface area contributed by atoms with E-state index in [0.29, 0.717) is 11.5 Å². The van der Waals surface area contributed by atoms with Gasteiger partial charge in [0.25, 0.3) is 0 Å². The average Bonchev–Trinajstić information content (AvgIpc) is 2.34. The van der Waals surface area contributed by atoms with Crippen LogP contribution in [-0.2, 0) is 4.57 Å². The van der Waals surface area contributed by atoms with Crippen molar-refractivity contribution >= 4 is 18.2 Å². The summed E-state index contributed by atoms with van der Waals surface area (Å²) in [5.41, 5.74) is 2.16. The molecule has 0 heterocycles. The summed E-state index contributed by atoms with van der Waals surface area (Å²) < 4.78 is 22.5. The number of para-hydroxylation sites is 1. The van der Waals surface area contributed by atoms with Gasteiger partial charge in [0.15, 0.2) is 0 Å². The smallest absolute Gasteiger partial charge is 0.405 e. The number of hydrogen-bond acceptors (Lipinski definition) is 3. The molecule has 2 aromatic carbocycles. The molecule has 0 radical (unpaired) electrons. The Morgan fingerprint density at radius 3 is 2.16 bits per heavy atom. The minimum atomic E-state index is -3.70. The van der Waals surface area contributed by atoms with Crippen molar-refractivity contribution in [3.05, 3.63) is 59.7 Å². The quantitative estimate of drug-likeness (QED) is 0.736.